The van der Waals surface area contributed by atoms with E-state index in [1.807, 2.05) is 0 Å². The van der Waals surface area contributed by atoms with Gasteiger partial charge in [0, 0.05) is 32.8 Å². The monoisotopic (exact) mass is 1020 g/mol. The second-order valence-corrected chi connectivity index (χ2v) is 25.2. The van der Waals surface area contributed by atoms with Gasteiger partial charge in [0.15, 0.2) is 8.07 Å². The second-order valence-electron chi connectivity index (χ2n) is 21.4. The van der Waals surface area contributed by atoms with E-state index in [0.717, 1.165) is 38.8 Å². The number of furan rings is 1. The first kappa shape index (κ1) is 44.1. The van der Waals surface area contributed by atoms with Gasteiger partial charge >= 0.3 is 0 Å². The number of fused-ring (bicyclic) bond motifs is 15. The van der Waals surface area contributed by atoms with Gasteiger partial charge in [-0.25, -0.2) is 0 Å². The van der Waals surface area contributed by atoms with Crippen LogP contribution in [0.4, 0.5) is 0 Å². The van der Waals surface area contributed by atoms with Crippen molar-refractivity contribution in [1.29, 1.82) is 0 Å². The van der Waals surface area contributed by atoms with Gasteiger partial charge < -0.3 is 8.98 Å². The number of hydrogen-bond acceptors (Lipinski definition) is 1. The largest absolute Gasteiger partial charge is 0.455 e. The maximum Gasteiger partial charge on any atom is 0.180 e. The molecule has 2 nitrogen and oxygen atoms in total. The highest BCUT2D eigenvalue weighted by Gasteiger charge is 2.49. The Bertz CT molecular complexity index is 4990. The molecular formula is C76H47NOSi. The van der Waals surface area contributed by atoms with Crippen LogP contribution in [0.2, 0.25) is 0 Å². The average molecular weight is 1020 g/mol. The molecule has 3 heteroatoms. The third-order valence-corrected chi connectivity index (χ3v) is 22.3. The Balaban J connectivity index is 0.927. The van der Waals surface area contributed by atoms with Crippen LogP contribution >= 0.6 is 0 Å². The van der Waals surface area contributed by atoms with E-state index < -0.39 is 8.07 Å². The summed E-state index contributed by atoms with van der Waals surface area (Å²) in [5.41, 5.74) is 15.1. The maximum atomic E-state index is 6.71. The summed E-state index contributed by atoms with van der Waals surface area (Å²) >= 11 is 0. The molecule has 79 heavy (non-hydrogen) atoms. The summed E-state index contributed by atoms with van der Waals surface area (Å²) < 4.78 is 9.26. The number of benzene rings is 14. The van der Waals surface area contributed by atoms with Gasteiger partial charge in [-0.3, -0.25) is 0 Å². The second kappa shape index (κ2) is 17.0. The minimum absolute atomic E-state index is 0.908. The van der Waals surface area contributed by atoms with Gasteiger partial charge in [-0.15, -0.1) is 0 Å². The van der Waals surface area contributed by atoms with E-state index in [0.29, 0.717) is 0 Å². The molecule has 0 atom stereocenters. The molecule has 17 rings (SSSR count). The molecule has 0 spiro atoms. The van der Waals surface area contributed by atoms with E-state index in [1.54, 1.807) is 0 Å². The molecule has 14 aromatic carbocycles. The molecule has 0 saturated heterocycles. The summed E-state index contributed by atoms with van der Waals surface area (Å²) in [6, 6.07) is 107. The topological polar surface area (TPSA) is 18.1 Å². The van der Waals surface area contributed by atoms with Crippen LogP contribution in [-0.4, -0.2) is 12.6 Å². The Morgan fingerprint density at radius 2 is 0.722 bits per heavy atom. The summed E-state index contributed by atoms with van der Waals surface area (Å²) in [7, 11) is -3.02. The van der Waals surface area contributed by atoms with E-state index in [2.05, 4.69) is 290 Å². The maximum absolute atomic E-state index is 6.71. The van der Waals surface area contributed by atoms with Crippen molar-refractivity contribution >= 4 is 116 Å². The average Bonchev–Trinajstić information content (AvgIpc) is 4.28. The van der Waals surface area contributed by atoms with Crippen LogP contribution in [0.1, 0.15) is 0 Å². The summed E-state index contributed by atoms with van der Waals surface area (Å²) in [6.45, 7) is 0. The first-order valence-corrected chi connectivity index (χ1v) is 29.4. The fourth-order valence-corrected chi connectivity index (χ4v) is 19.2. The minimum Gasteiger partial charge on any atom is -0.455 e. The van der Waals surface area contributed by atoms with E-state index in [-0.39, 0.29) is 0 Å². The molecule has 0 bridgehead atoms. The summed E-state index contributed by atoms with van der Waals surface area (Å²) in [5.74, 6) is 0. The fourth-order valence-electron chi connectivity index (χ4n) is 14.0. The zero-order chi connectivity index (χ0) is 51.8. The Morgan fingerprint density at radius 3 is 1.32 bits per heavy atom. The number of para-hydroxylation sites is 2. The van der Waals surface area contributed by atoms with Crippen molar-refractivity contribution in [3.05, 3.63) is 285 Å². The molecule has 0 N–H and O–H groups in total. The molecule has 3 heterocycles. The lowest BCUT2D eigenvalue weighted by Gasteiger charge is -2.32. The Kier molecular flexibility index (Phi) is 9.47. The highest BCUT2D eigenvalue weighted by atomic mass is 28.3. The van der Waals surface area contributed by atoms with Gasteiger partial charge in [0.1, 0.15) is 11.2 Å². The van der Waals surface area contributed by atoms with Crippen molar-refractivity contribution in [3.8, 4) is 50.2 Å². The number of hydrogen-bond donors (Lipinski definition) is 0. The quantitative estimate of drug-likeness (QED) is 0.120. The van der Waals surface area contributed by atoms with Gasteiger partial charge in [0.2, 0.25) is 0 Å². The molecule has 0 radical (unpaired) electrons. The highest BCUT2D eigenvalue weighted by Crippen LogP contribution is 2.44. The lowest BCUT2D eigenvalue weighted by molar-refractivity contribution is 0.670. The lowest BCUT2D eigenvalue weighted by Crippen LogP contribution is -2.72. The first-order valence-electron chi connectivity index (χ1n) is 27.4. The van der Waals surface area contributed by atoms with Gasteiger partial charge in [0.05, 0.1) is 11.0 Å². The van der Waals surface area contributed by atoms with Crippen LogP contribution in [0.15, 0.2) is 290 Å². The van der Waals surface area contributed by atoms with Gasteiger partial charge in [-0.2, -0.15) is 0 Å². The van der Waals surface area contributed by atoms with E-state index in [1.165, 1.54) is 119 Å². The van der Waals surface area contributed by atoms with E-state index in [4.69, 9.17) is 4.42 Å². The fraction of sp³-hybridized carbons (Fsp3) is 0. The molecule has 366 valence electrons. The predicted molar refractivity (Wildman–Crippen MR) is 337 cm³/mol. The van der Waals surface area contributed by atoms with E-state index >= 15 is 0 Å². The van der Waals surface area contributed by atoms with Crippen molar-refractivity contribution in [2.24, 2.45) is 0 Å². The molecule has 0 aliphatic carbocycles. The van der Waals surface area contributed by atoms with Crippen LogP contribution in [0.3, 0.4) is 0 Å². The van der Waals surface area contributed by atoms with Crippen LogP contribution in [0.25, 0.3) is 137 Å². The molecule has 2 aromatic heterocycles. The summed E-state index contributed by atoms with van der Waals surface area (Å²) in [4.78, 5) is 0. The Hall–Kier alpha value is -10.1. The van der Waals surface area contributed by atoms with Crippen molar-refractivity contribution in [1.82, 2.24) is 4.57 Å². The van der Waals surface area contributed by atoms with Gasteiger partial charge in [-0.1, -0.05) is 231 Å². The van der Waals surface area contributed by atoms with Crippen LogP contribution in [0, 0.1) is 0 Å². The molecular weight excluding hydrogens is 971 g/mol. The highest BCUT2D eigenvalue weighted by molar-refractivity contribution is 7.22. The molecule has 1 aliphatic rings. The zero-order valence-corrected chi connectivity index (χ0v) is 44.0. The summed E-state index contributed by atoms with van der Waals surface area (Å²) in [6.07, 6.45) is 0. The standard InChI is InChI=1S/C76H47NOSi/c1-3-20-54(21-4-1)79(55-22-5-2-6-23-55)74-46-52(58-31-17-32-66-63-30-15-16-33-73(63)78-76(58)66)34-38-64(74)65-39-37-53(47-75(65)79)77-71-40-35-50(67-42-48-18-7-9-24-56(48)59-26-11-13-28-61(59)67)44-69(71)70-45-51(36-41-72(70)77)68-43-49-19-8-10-25-57(49)60-27-12-14-29-62(60)68/h1-47H. The van der Waals surface area contributed by atoms with Crippen molar-refractivity contribution in [3.63, 3.8) is 0 Å². The summed E-state index contributed by atoms with van der Waals surface area (Å²) in [5, 5.41) is 20.3. The molecule has 16 aromatic rings. The number of rotatable bonds is 6. The number of nitrogens with zero attached hydrogens (tertiary/aromatic N) is 1. The van der Waals surface area contributed by atoms with Crippen LogP contribution in [0.5, 0.6) is 0 Å². The third-order valence-electron chi connectivity index (χ3n) is 17.4. The molecule has 0 fully saturated rings. The van der Waals surface area contributed by atoms with Crippen molar-refractivity contribution in [2.75, 3.05) is 0 Å². The first-order chi connectivity index (χ1) is 39.2. The molecule has 0 amide bonds. The number of aromatic nitrogens is 1. The minimum atomic E-state index is -3.02. The Morgan fingerprint density at radius 1 is 0.266 bits per heavy atom. The smallest absolute Gasteiger partial charge is 0.180 e. The van der Waals surface area contributed by atoms with Crippen LogP contribution < -0.4 is 20.7 Å². The Labute approximate surface area is 457 Å². The zero-order valence-electron chi connectivity index (χ0n) is 43.0. The van der Waals surface area contributed by atoms with Crippen molar-refractivity contribution in [2.45, 2.75) is 0 Å². The van der Waals surface area contributed by atoms with Crippen molar-refractivity contribution < 1.29 is 4.42 Å². The van der Waals surface area contributed by atoms with E-state index in [9.17, 15) is 0 Å². The van der Waals surface area contributed by atoms with Gasteiger partial charge in [0.25, 0.3) is 0 Å². The lowest BCUT2D eigenvalue weighted by atomic mass is 9.92. The molecule has 0 unspecified atom stereocenters. The predicted octanol–water partition coefficient (Wildman–Crippen LogP) is 17.7. The normalized spacial score (nSPS) is 12.9. The van der Waals surface area contributed by atoms with Gasteiger partial charge in [-0.05, 0) is 157 Å². The van der Waals surface area contributed by atoms with Crippen LogP contribution in [-0.2, 0) is 0 Å². The molecule has 1 aliphatic heterocycles. The molecule has 0 saturated carbocycles. The SMILES string of the molecule is c1ccc([Si]2(c3ccccc3)c3cc(-c4cccc5c4oc4ccccc45)ccc3-c3ccc(-n4c5ccc(-c6cc7ccccc7c7ccccc67)cc5c5cc(-c6cc7ccccc7c7ccccc67)ccc54)cc32)cc1. The third kappa shape index (κ3) is 6.39.